The molecule has 0 fully saturated rings. The summed E-state index contributed by atoms with van der Waals surface area (Å²) in [6.45, 7) is 1.04. The topological polar surface area (TPSA) is 91.0 Å². The summed E-state index contributed by atoms with van der Waals surface area (Å²) in [6.07, 6.45) is 3.13. The van der Waals surface area contributed by atoms with E-state index >= 15 is 0 Å². The molecule has 1 aliphatic rings. The number of fused-ring (bicyclic) bond motifs is 3. The second-order valence-electron chi connectivity index (χ2n) is 5.56. The molecule has 2 aromatic heterocycles. The largest absolute Gasteiger partial charge is 0.332 e. The van der Waals surface area contributed by atoms with Gasteiger partial charge in [-0.2, -0.15) is 0 Å². The van der Waals surface area contributed by atoms with Gasteiger partial charge in [-0.05, 0) is 25.3 Å². The summed E-state index contributed by atoms with van der Waals surface area (Å²) < 4.78 is 2.16. The number of aryl methyl sites for hydroxylation is 2. The van der Waals surface area contributed by atoms with Gasteiger partial charge in [0.1, 0.15) is 11.4 Å². The van der Waals surface area contributed by atoms with Crippen molar-refractivity contribution in [1.29, 1.82) is 0 Å². The molecule has 7 nitrogen and oxygen atoms in total. The Morgan fingerprint density at radius 2 is 2.00 bits per heavy atom. The second-order valence-corrected chi connectivity index (χ2v) is 5.56. The van der Waals surface area contributed by atoms with Gasteiger partial charge in [-0.1, -0.05) is 0 Å². The van der Waals surface area contributed by atoms with Gasteiger partial charge in [-0.25, -0.2) is 9.78 Å². The maximum Gasteiger partial charge on any atom is 0.332 e. The Hall–Kier alpha value is -2.57. The van der Waals surface area contributed by atoms with E-state index in [1.54, 1.807) is 0 Å². The Balaban J connectivity index is 2.47. The van der Waals surface area contributed by atoms with E-state index in [0.29, 0.717) is 30.4 Å². The van der Waals surface area contributed by atoms with Crippen molar-refractivity contribution in [3.63, 3.8) is 0 Å². The molecule has 114 valence electrons. The van der Waals surface area contributed by atoms with E-state index in [9.17, 15) is 19.2 Å². The standard InChI is InChI=1S/C15H15N3O4/c1-8(19)7-18-14(21)12-9-4-3-5-11(20)10(9)6-16-13(12)17(2)15(18)22/h6H,3-5,7H2,1-2H3. The number of ketones is 2. The first-order valence-corrected chi connectivity index (χ1v) is 7.06. The van der Waals surface area contributed by atoms with Crippen LogP contribution in [0.4, 0.5) is 0 Å². The van der Waals surface area contributed by atoms with Gasteiger partial charge in [0.2, 0.25) is 0 Å². The monoisotopic (exact) mass is 301 g/mol. The van der Waals surface area contributed by atoms with Crippen molar-refractivity contribution in [2.45, 2.75) is 32.7 Å². The number of aromatic nitrogens is 3. The van der Waals surface area contributed by atoms with E-state index in [1.165, 1.54) is 24.7 Å². The lowest BCUT2D eigenvalue weighted by Gasteiger charge is -2.17. The van der Waals surface area contributed by atoms with Crippen LogP contribution < -0.4 is 11.2 Å². The molecule has 0 radical (unpaired) electrons. The van der Waals surface area contributed by atoms with Crippen LogP contribution in [0.1, 0.15) is 35.7 Å². The molecule has 2 aromatic rings. The average molecular weight is 301 g/mol. The van der Waals surface area contributed by atoms with Gasteiger partial charge in [-0.15, -0.1) is 0 Å². The molecule has 0 spiro atoms. The maximum absolute atomic E-state index is 12.7. The van der Waals surface area contributed by atoms with Crippen LogP contribution in [0.2, 0.25) is 0 Å². The molecule has 0 saturated heterocycles. The van der Waals surface area contributed by atoms with E-state index in [0.717, 1.165) is 4.57 Å². The number of carbonyl (C=O) groups excluding carboxylic acids is 2. The molecule has 0 amide bonds. The molecule has 0 bridgehead atoms. The third kappa shape index (κ3) is 2.01. The predicted octanol–water partition coefficient (Wildman–Crippen LogP) is 0.203. The van der Waals surface area contributed by atoms with Gasteiger partial charge in [-0.3, -0.25) is 23.5 Å². The van der Waals surface area contributed by atoms with Gasteiger partial charge in [0, 0.05) is 25.2 Å². The lowest BCUT2D eigenvalue weighted by molar-refractivity contribution is -0.117. The summed E-state index contributed by atoms with van der Waals surface area (Å²) in [6, 6.07) is 0. The maximum atomic E-state index is 12.7. The van der Waals surface area contributed by atoms with Crippen LogP contribution in [0.15, 0.2) is 15.8 Å². The van der Waals surface area contributed by atoms with Crippen LogP contribution in [-0.2, 0) is 24.8 Å². The van der Waals surface area contributed by atoms with Gasteiger partial charge in [0.25, 0.3) is 5.56 Å². The highest BCUT2D eigenvalue weighted by molar-refractivity contribution is 6.01. The Kier molecular flexibility index (Phi) is 3.27. The summed E-state index contributed by atoms with van der Waals surface area (Å²) in [5, 5.41) is 0.272. The fourth-order valence-electron chi connectivity index (χ4n) is 2.93. The molecule has 2 heterocycles. The summed E-state index contributed by atoms with van der Waals surface area (Å²) >= 11 is 0. The van der Waals surface area contributed by atoms with Crippen molar-refractivity contribution in [3.05, 3.63) is 38.2 Å². The highest BCUT2D eigenvalue weighted by atomic mass is 16.2. The Morgan fingerprint density at radius 3 is 2.68 bits per heavy atom. The minimum absolute atomic E-state index is 0.0398. The number of nitrogens with zero attached hydrogens (tertiary/aromatic N) is 3. The van der Waals surface area contributed by atoms with Crippen LogP contribution >= 0.6 is 0 Å². The average Bonchev–Trinajstić information content (AvgIpc) is 2.48. The predicted molar refractivity (Wildman–Crippen MR) is 79.2 cm³/mol. The summed E-state index contributed by atoms with van der Waals surface area (Å²) in [4.78, 5) is 52.3. The number of rotatable bonds is 2. The van der Waals surface area contributed by atoms with Crippen molar-refractivity contribution in [3.8, 4) is 0 Å². The second kappa shape index (κ2) is 5.01. The molecular weight excluding hydrogens is 286 g/mol. The van der Waals surface area contributed by atoms with Crippen LogP contribution in [0, 0.1) is 0 Å². The molecule has 0 unspecified atom stereocenters. The van der Waals surface area contributed by atoms with Crippen molar-refractivity contribution in [2.75, 3.05) is 0 Å². The lowest BCUT2D eigenvalue weighted by atomic mass is 9.90. The number of carbonyl (C=O) groups is 2. The minimum Gasteiger partial charge on any atom is -0.298 e. The molecule has 0 N–H and O–H groups in total. The molecule has 1 aliphatic carbocycles. The quantitative estimate of drug-likeness (QED) is 0.790. The summed E-state index contributed by atoms with van der Waals surface area (Å²) in [5.41, 5.74) is 0.209. The van der Waals surface area contributed by atoms with Crippen molar-refractivity contribution in [2.24, 2.45) is 7.05 Å². The third-order valence-electron chi connectivity index (χ3n) is 3.97. The number of hydrogen-bond donors (Lipinski definition) is 0. The first-order valence-electron chi connectivity index (χ1n) is 7.06. The first-order chi connectivity index (χ1) is 10.4. The van der Waals surface area contributed by atoms with E-state index in [-0.39, 0.29) is 29.1 Å². The van der Waals surface area contributed by atoms with Crippen molar-refractivity contribution >= 4 is 22.6 Å². The SMILES string of the molecule is CC(=O)Cn1c(=O)c2c3c(cnc2n(C)c1=O)C(=O)CCC3. The molecule has 0 atom stereocenters. The van der Waals surface area contributed by atoms with E-state index in [4.69, 9.17) is 0 Å². The van der Waals surface area contributed by atoms with E-state index in [1.807, 2.05) is 0 Å². The van der Waals surface area contributed by atoms with Crippen LogP contribution in [0.3, 0.4) is 0 Å². The molecule has 22 heavy (non-hydrogen) atoms. The van der Waals surface area contributed by atoms with E-state index < -0.39 is 11.2 Å². The van der Waals surface area contributed by atoms with Crippen molar-refractivity contribution < 1.29 is 9.59 Å². The lowest BCUT2D eigenvalue weighted by Crippen LogP contribution is -2.41. The Labute approximate surface area is 125 Å². The fraction of sp³-hybridized carbons (Fsp3) is 0.400. The van der Waals surface area contributed by atoms with Crippen LogP contribution in [0.5, 0.6) is 0 Å². The number of pyridine rings is 1. The zero-order chi connectivity index (χ0) is 16.0. The number of Topliss-reactive ketones (excluding diaryl/α,β-unsaturated/α-hetero) is 2. The highest BCUT2D eigenvalue weighted by Crippen LogP contribution is 2.24. The highest BCUT2D eigenvalue weighted by Gasteiger charge is 2.24. The van der Waals surface area contributed by atoms with Gasteiger partial charge >= 0.3 is 5.69 Å². The van der Waals surface area contributed by atoms with Crippen LogP contribution in [-0.4, -0.2) is 25.7 Å². The molecule has 7 heteroatoms. The third-order valence-corrected chi connectivity index (χ3v) is 3.97. The summed E-state index contributed by atoms with van der Waals surface area (Å²) in [7, 11) is 1.50. The van der Waals surface area contributed by atoms with Gasteiger partial charge in [0.05, 0.1) is 11.9 Å². The summed E-state index contributed by atoms with van der Waals surface area (Å²) in [5.74, 6) is -0.325. The molecule has 0 aromatic carbocycles. The zero-order valence-electron chi connectivity index (χ0n) is 12.4. The van der Waals surface area contributed by atoms with E-state index in [2.05, 4.69) is 4.98 Å². The first kappa shape index (κ1) is 14.4. The fourth-order valence-corrected chi connectivity index (χ4v) is 2.93. The number of hydrogen-bond acceptors (Lipinski definition) is 5. The minimum atomic E-state index is -0.581. The van der Waals surface area contributed by atoms with Crippen molar-refractivity contribution in [1.82, 2.24) is 14.1 Å². The molecular formula is C15H15N3O4. The van der Waals surface area contributed by atoms with Gasteiger partial charge in [0.15, 0.2) is 5.78 Å². The normalized spacial score (nSPS) is 14.2. The Bertz CT molecular complexity index is 936. The van der Waals surface area contributed by atoms with Crippen LogP contribution in [0.25, 0.3) is 11.0 Å². The van der Waals surface area contributed by atoms with Gasteiger partial charge < -0.3 is 0 Å². The molecule has 3 rings (SSSR count). The zero-order valence-corrected chi connectivity index (χ0v) is 12.4. The molecule has 0 saturated carbocycles. The smallest absolute Gasteiger partial charge is 0.298 e. The Morgan fingerprint density at radius 1 is 1.27 bits per heavy atom. The molecule has 0 aliphatic heterocycles.